The lowest BCUT2D eigenvalue weighted by atomic mass is 9.75. The highest BCUT2D eigenvalue weighted by Crippen LogP contribution is 2.47. The number of allylic oxidation sites excluding steroid dienone is 2. The van der Waals surface area contributed by atoms with E-state index in [0.29, 0.717) is 29.1 Å². The number of hydroxylamine groups is 2. The Morgan fingerprint density at radius 1 is 1.16 bits per heavy atom. The molecule has 1 N–H and O–H groups in total. The lowest BCUT2D eigenvalue weighted by Gasteiger charge is -2.27. The highest BCUT2D eigenvalue weighted by Gasteiger charge is 2.47. The van der Waals surface area contributed by atoms with Crippen molar-refractivity contribution in [3.63, 3.8) is 0 Å². The smallest absolute Gasteiger partial charge is 0.251 e. The molecule has 0 spiro atoms. The summed E-state index contributed by atoms with van der Waals surface area (Å²) in [5.41, 5.74) is -0.548. The first-order valence-electron chi connectivity index (χ1n) is 11.8. The molecule has 0 aliphatic carbocycles. The number of para-hydroxylation sites is 1. The third kappa shape index (κ3) is 6.56. The second-order valence-electron chi connectivity index (χ2n) is 9.73. The van der Waals surface area contributed by atoms with Gasteiger partial charge in [0.05, 0.1) is 18.8 Å². The molecule has 1 amide bonds. The van der Waals surface area contributed by atoms with Crippen molar-refractivity contribution in [3.05, 3.63) is 42.5 Å². The molecule has 2 aliphatic rings. The maximum Gasteiger partial charge on any atom is 0.251 e. The molecule has 5 heteroatoms. The first-order chi connectivity index (χ1) is 14.9. The zero-order valence-corrected chi connectivity index (χ0v) is 19.3. The molecule has 5 nitrogen and oxygen atoms in total. The van der Waals surface area contributed by atoms with E-state index in [4.69, 9.17) is 9.47 Å². The Hall–Kier alpha value is -1.85. The Morgan fingerprint density at radius 3 is 2.58 bits per heavy atom. The Bertz CT molecular complexity index is 715. The summed E-state index contributed by atoms with van der Waals surface area (Å²) < 4.78 is 12.1. The topological polar surface area (TPSA) is 59.0 Å². The fourth-order valence-corrected chi connectivity index (χ4v) is 5.15. The molecule has 31 heavy (non-hydrogen) atoms. The molecule has 2 bridgehead atoms. The molecular formula is C26H39NO4. The molecule has 2 saturated heterocycles. The molecule has 0 saturated carbocycles. The van der Waals surface area contributed by atoms with Crippen molar-refractivity contribution in [1.82, 2.24) is 5.06 Å². The van der Waals surface area contributed by atoms with Crippen LogP contribution >= 0.6 is 0 Å². The molecule has 2 aliphatic heterocycles. The Morgan fingerprint density at radius 2 is 1.87 bits per heavy atom. The van der Waals surface area contributed by atoms with Crippen LogP contribution in [0.3, 0.4) is 0 Å². The fraction of sp³-hybridized carbons (Fsp3) is 0.654. The van der Waals surface area contributed by atoms with Gasteiger partial charge in [-0.1, -0.05) is 44.2 Å². The minimum atomic E-state index is -0.548. The quantitative estimate of drug-likeness (QED) is 0.202. The van der Waals surface area contributed by atoms with Crippen molar-refractivity contribution in [3.8, 4) is 5.75 Å². The van der Waals surface area contributed by atoms with E-state index in [-0.39, 0.29) is 5.91 Å². The molecule has 3 rings (SSSR count). The first kappa shape index (κ1) is 23.8. The van der Waals surface area contributed by atoms with Crippen molar-refractivity contribution in [2.24, 2.45) is 17.3 Å². The van der Waals surface area contributed by atoms with Crippen LogP contribution in [-0.4, -0.2) is 42.0 Å². The predicted molar refractivity (Wildman–Crippen MR) is 122 cm³/mol. The van der Waals surface area contributed by atoms with Crippen molar-refractivity contribution in [2.75, 3.05) is 13.7 Å². The van der Waals surface area contributed by atoms with Gasteiger partial charge in [-0.05, 0) is 75.3 Å². The third-order valence-corrected chi connectivity index (χ3v) is 6.92. The lowest BCUT2D eigenvalue weighted by molar-refractivity contribution is -0.169. The van der Waals surface area contributed by atoms with Crippen LogP contribution in [0.5, 0.6) is 5.75 Å². The first-order valence-corrected chi connectivity index (χ1v) is 11.8. The Kier molecular flexibility index (Phi) is 8.56. The standard InChI is InChI=1S/C26H39NO4/c1-26(2,25(28)27(3)29)18-10-5-8-14-21-22(24-17-16-23(21)31-24)15-9-11-19-30-20-12-6-4-7-13-20/h4-8,12-13,21-24,29H,9-11,14-19H2,1-3H3/t21-,22+,23-,24+/m1/s1. The molecule has 172 valence electrons. The number of nitrogens with zero attached hydrogens (tertiary/aromatic N) is 1. The monoisotopic (exact) mass is 429 g/mol. The van der Waals surface area contributed by atoms with E-state index >= 15 is 0 Å². The number of fused-ring (bicyclic) bond motifs is 2. The third-order valence-electron chi connectivity index (χ3n) is 6.92. The average Bonchev–Trinajstić information content (AvgIpc) is 3.35. The van der Waals surface area contributed by atoms with Crippen molar-refractivity contribution < 1.29 is 19.5 Å². The molecule has 1 aromatic rings. The van der Waals surface area contributed by atoms with E-state index in [1.165, 1.54) is 32.7 Å². The SMILES string of the molecule is CN(O)C(=O)C(C)(C)CCC=CC[C@@H]1[C@H](CCCCOc2ccccc2)[C@@H]2CC[C@H]1O2. The van der Waals surface area contributed by atoms with Crippen LogP contribution in [0.15, 0.2) is 42.5 Å². The fourth-order valence-electron chi connectivity index (χ4n) is 5.15. The lowest BCUT2D eigenvalue weighted by Crippen LogP contribution is -2.36. The summed E-state index contributed by atoms with van der Waals surface area (Å²) in [6.07, 6.45) is 13.8. The van der Waals surface area contributed by atoms with Crippen molar-refractivity contribution in [2.45, 2.75) is 77.4 Å². The number of hydrogen-bond acceptors (Lipinski definition) is 4. The van der Waals surface area contributed by atoms with E-state index in [1.807, 2.05) is 44.2 Å². The van der Waals surface area contributed by atoms with Crippen LogP contribution < -0.4 is 4.74 Å². The molecule has 0 radical (unpaired) electrons. The van der Waals surface area contributed by atoms with Crippen molar-refractivity contribution >= 4 is 5.91 Å². The van der Waals surface area contributed by atoms with Crippen LogP contribution in [0.4, 0.5) is 0 Å². The second kappa shape index (κ2) is 11.1. The van der Waals surface area contributed by atoms with Gasteiger partial charge in [0.1, 0.15) is 5.75 Å². The largest absolute Gasteiger partial charge is 0.494 e. The summed E-state index contributed by atoms with van der Waals surface area (Å²) in [4.78, 5) is 12.0. The van der Waals surface area contributed by atoms with Gasteiger partial charge in [0, 0.05) is 12.5 Å². The summed E-state index contributed by atoms with van der Waals surface area (Å²) >= 11 is 0. The van der Waals surface area contributed by atoms with E-state index in [1.54, 1.807) is 0 Å². The molecule has 4 atom stereocenters. The van der Waals surface area contributed by atoms with Gasteiger partial charge in [-0.25, -0.2) is 5.06 Å². The summed E-state index contributed by atoms with van der Waals surface area (Å²) in [6.45, 7) is 4.54. The number of benzene rings is 1. The van der Waals surface area contributed by atoms with Gasteiger partial charge in [-0.2, -0.15) is 0 Å². The van der Waals surface area contributed by atoms with Crippen LogP contribution in [0.25, 0.3) is 0 Å². The zero-order chi connectivity index (χ0) is 22.3. The highest BCUT2D eigenvalue weighted by molar-refractivity contribution is 5.80. The van der Waals surface area contributed by atoms with E-state index < -0.39 is 5.41 Å². The number of unbranched alkanes of at least 4 members (excludes halogenated alkanes) is 1. The molecular weight excluding hydrogens is 390 g/mol. The molecule has 2 fully saturated rings. The van der Waals surface area contributed by atoms with Crippen LogP contribution in [-0.2, 0) is 9.53 Å². The van der Waals surface area contributed by atoms with Gasteiger partial charge in [0.25, 0.3) is 5.91 Å². The zero-order valence-electron chi connectivity index (χ0n) is 19.3. The summed E-state index contributed by atoms with van der Waals surface area (Å²) in [7, 11) is 1.39. The minimum Gasteiger partial charge on any atom is -0.494 e. The number of hydrogen-bond donors (Lipinski definition) is 1. The Labute approximate surface area is 187 Å². The Balaban J connectivity index is 1.38. The second-order valence-corrected chi connectivity index (χ2v) is 9.73. The summed E-state index contributed by atoms with van der Waals surface area (Å²) in [6, 6.07) is 10.0. The van der Waals surface area contributed by atoms with Crippen LogP contribution in [0.2, 0.25) is 0 Å². The number of carbonyl (C=O) groups is 1. The molecule has 0 unspecified atom stereocenters. The molecule has 0 aromatic heterocycles. The van der Waals surface area contributed by atoms with E-state index in [2.05, 4.69) is 12.2 Å². The highest BCUT2D eigenvalue weighted by atomic mass is 16.5. The van der Waals surface area contributed by atoms with Crippen LogP contribution in [0.1, 0.15) is 65.2 Å². The van der Waals surface area contributed by atoms with Crippen molar-refractivity contribution in [1.29, 1.82) is 0 Å². The summed E-state index contributed by atoms with van der Waals surface area (Å²) in [5.74, 6) is 1.98. The van der Waals surface area contributed by atoms with Crippen LogP contribution in [0, 0.1) is 17.3 Å². The molecule has 2 heterocycles. The van der Waals surface area contributed by atoms with Gasteiger partial charge in [0.15, 0.2) is 0 Å². The van der Waals surface area contributed by atoms with E-state index in [9.17, 15) is 10.0 Å². The van der Waals surface area contributed by atoms with Gasteiger partial charge in [-0.3, -0.25) is 10.0 Å². The maximum absolute atomic E-state index is 12.0. The van der Waals surface area contributed by atoms with E-state index in [0.717, 1.165) is 38.0 Å². The predicted octanol–water partition coefficient (Wildman–Crippen LogP) is 5.63. The maximum atomic E-state index is 12.0. The van der Waals surface area contributed by atoms with Gasteiger partial charge >= 0.3 is 0 Å². The number of carbonyl (C=O) groups excluding carboxylic acids is 1. The van der Waals surface area contributed by atoms with Gasteiger partial charge in [0.2, 0.25) is 0 Å². The van der Waals surface area contributed by atoms with Gasteiger partial charge < -0.3 is 9.47 Å². The number of rotatable bonds is 12. The van der Waals surface area contributed by atoms with Gasteiger partial charge in [-0.15, -0.1) is 0 Å². The minimum absolute atomic E-state index is 0.237. The summed E-state index contributed by atoms with van der Waals surface area (Å²) in [5, 5.41) is 10.1. The normalized spacial score (nSPS) is 25.3. The molecule has 1 aromatic carbocycles. The average molecular weight is 430 g/mol. The number of ether oxygens (including phenoxy) is 2. The number of amides is 1.